The van der Waals surface area contributed by atoms with Crippen molar-refractivity contribution in [2.45, 2.75) is 19.4 Å². The quantitative estimate of drug-likeness (QED) is 0.774. The van der Waals surface area contributed by atoms with Crippen LogP contribution in [0.5, 0.6) is 0 Å². The molecule has 1 atom stereocenters. The van der Waals surface area contributed by atoms with E-state index in [1.165, 1.54) is 22.3 Å². The van der Waals surface area contributed by atoms with E-state index in [4.69, 9.17) is 4.74 Å². The summed E-state index contributed by atoms with van der Waals surface area (Å²) in [6.45, 7) is 2.93. The number of fused-ring (bicyclic) bond motifs is 3. The van der Waals surface area contributed by atoms with Gasteiger partial charge in [0.15, 0.2) is 0 Å². The number of ether oxygens (including phenoxy) is 1. The second-order valence-electron chi connectivity index (χ2n) is 4.93. The Labute approximate surface area is 113 Å². The first kappa shape index (κ1) is 12.4. The molecule has 0 fully saturated rings. The molecule has 0 radical (unpaired) electrons. The maximum absolute atomic E-state index is 10.1. The fraction of sp³-hybridized carbons (Fsp3) is 0.294. The molecule has 0 spiro atoms. The van der Waals surface area contributed by atoms with Crippen LogP contribution in [-0.4, -0.2) is 18.3 Å². The lowest BCUT2D eigenvalue weighted by atomic mass is 10.0. The molecule has 0 heterocycles. The second kappa shape index (κ2) is 5.16. The highest BCUT2D eigenvalue weighted by molar-refractivity contribution is 5.76. The lowest BCUT2D eigenvalue weighted by molar-refractivity contribution is 0.0420. The van der Waals surface area contributed by atoms with Gasteiger partial charge in [-0.05, 0) is 41.2 Å². The van der Waals surface area contributed by atoms with Crippen molar-refractivity contribution in [3.63, 3.8) is 0 Å². The molecule has 2 heteroatoms. The zero-order valence-electron chi connectivity index (χ0n) is 11.1. The summed E-state index contributed by atoms with van der Waals surface area (Å²) in [7, 11) is 0. The van der Waals surface area contributed by atoms with Crippen LogP contribution in [0, 0.1) is 0 Å². The van der Waals surface area contributed by atoms with Gasteiger partial charge in [0.1, 0.15) is 6.10 Å². The van der Waals surface area contributed by atoms with Crippen molar-refractivity contribution in [3.8, 4) is 11.1 Å². The van der Waals surface area contributed by atoms with Crippen LogP contribution in [0.3, 0.4) is 0 Å². The summed E-state index contributed by atoms with van der Waals surface area (Å²) in [5.41, 5.74) is 6.23. The van der Waals surface area contributed by atoms with Gasteiger partial charge in [-0.25, -0.2) is 0 Å². The molecule has 1 N–H and O–H groups in total. The molecule has 0 bridgehead atoms. The van der Waals surface area contributed by atoms with Crippen LogP contribution < -0.4 is 0 Å². The molecule has 3 rings (SSSR count). The molecular formula is C17H18O2. The molecule has 0 aromatic heterocycles. The van der Waals surface area contributed by atoms with Crippen molar-refractivity contribution in [2.24, 2.45) is 0 Å². The van der Waals surface area contributed by atoms with E-state index in [0.29, 0.717) is 13.2 Å². The first-order valence-corrected chi connectivity index (χ1v) is 6.76. The fourth-order valence-corrected chi connectivity index (χ4v) is 2.70. The Kier molecular flexibility index (Phi) is 3.36. The summed E-state index contributed by atoms with van der Waals surface area (Å²) >= 11 is 0. The highest BCUT2D eigenvalue weighted by Crippen LogP contribution is 2.37. The molecule has 0 saturated heterocycles. The number of hydrogen-bond donors (Lipinski definition) is 1. The van der Waals surface area contributed by atoms with Crippen molar-refractivity contribution in [3.05, 3.63) is 59.2 Å². The molecule has 2 nitrogen and oxygen atoms in total. The monoisotopic (exact) mass is 254 g/mol. The number of rotatable bonds is 4. The molecule has 0 aliphatic heterocycles. The highest BCUT2D eigenvalue weighted by atomic mass is 16.5. The van der Waals surface area contributed by atoms with Gasteiger partial charge in [-0.15, -0.1) is 0 Å². The predicted octanol–water partition coefficient (Wildman–Crippen LogP) is 3.33. The van der Waals surface area contributed by atoms with Crippen LogP contribution in [0.15, 0.2) is 42.5 Å². The van der Waals surface area contributed by atoms with E-state index < -0.39 is 6.10 Å². The van der Waals surface area contributed by atoms with Gasteiger partial charge in [0.2, 0.25) is 0 Å². The summed E-state index contributed by atoms with van der Waals surface area (Å²) in [5.74, 6) is 0. The molecule has 1 aliphatic carbocycles. The van der Waals surface area contributed by atoms with E-state index >= 15 is 0 Å². The minimum absolute atomic E-state index is 0.363. The van der Waals surface area contributed by atoms with Gasteiger partial charge in [0, 0.05) is 6.61 Å². The Bertz CT molecular complexity index is 590. The number of hydrogen-bond acceptors (Lipinski definition) is 2. The van der Waals surface area contributed by atoms with Gasteiger partial charge in [0.05, 0.1) is 6.61 Å². The molecule has 19 heavy (non-hydrogen) atoms. The van der Waals surface area contributed by atoms with Crippen LogP contribution in [0.25, 0.3) is 11.1 Å². The van der Waals surface area contributed by atoms with Gasteiger partial charge >= 0.3 is 0 Å². The summed E-state index contributed by atoms with van der Waals surface area (Å²) < 4.78 is 5.28. The predicted molar refractivity (Wildman–Crippen MR) is 76.1 cm³/mol. The van der Waals surface area contributed by atoms with E-state index in [9.17, 15) is 5.11 Å². The van der Waals surface area contributed by atoms with Crippen molar-refractivity contribution >= 4 is 0 Å². The van der Waals surface area contributed by atoms with Crippen molar-refractivity contribution in [1.82, 2.24) is 0 Å². The lowest BCUT2D eigenvalue weighted by Crippen LogP contribution is -2.07. The Balaban J connectivity index is 1.89. The van der Waals surface area contributed by atoms with Crippen LogP contribution in [0.4, 0.5) is 0 Å². The standard InChI is InChI=1S/C17H18O2/c1-2-19-11-17(18)13-7-8-16-14(10-13)9-12-5-3-4-6-15(12)16/h3-8,10,17-18H,2,9,11H2,1H3. The molecular weight excluding hydrogens is 236 g/mol. The third-order valence-corrected chi connectivity index (χ3v) is 3.68. The maximum Gasteiger partial charge on any atom is 0.102 e. The van der Waals surface area contributed by atoms with Crippen LogP contribution in [-0.2, 0) is 11.2 Å². The lowest BCUT2D eigenvalue weighted by Gasteiger charge is -2.12. The second-order valence-corrected chi connectivity index (χ2v) is 4.93. The Morgan fingerprint density at radius 1 is 1.11 bits per heavy atom. The first-order valence-electron chi connectivity index (χ1n) is 6.76. The van der Waals surface area contributed by atoms with Crippen LogP contribution in [0.1, 0.15) is 29.7 Å². The van der Waals surface area contributed by atoms with E-state index in [-0.39, 0.29) is 0 Å². The topological polar surface area (TPSA) is 29.5 Å². The fourth-order valence-electron chi connectivity index (χ4n) is 2.70. The van der Waals surface area contributed by atoms with Gasteiger partial charge in [-0.3, -0.25) is 0 Å². The normalized spacial score (nSPS) is 14.0. The Hall–Kier alpha value is -1.64. The van der Waals surface area contributed by atoms with Crippen molar-refractivity contribution in [2.75, 3.05) is 13.2 Å². The molecule has 2 aromatic rings. The van der Waals surface area contributed by atoms with Crippen molar-refractivity contribution in [1.29, 1.82) is 0 Å². The number of aliphatic hydroxyl groups excluding tert-OH is 1. The van der Waals surface area contributed by atoms with E-state index in [2.05, 4.69) is 36.4 Å². The zero-order chi connectivity index (χ0) is 13.2. The average molecular weight is 254 g/mol. The summed E-state index contributed by atoms with van der Waals surface area (Å²) in [4.78, 5) is 0. The minimum Gasteiger partial charge on any atom is -0.386 e. The summed E-state index contributed by atoms with van der Waals surface area (Å²) in [5, 5.41) is 10.1. The maximum atomic E-state index is 10.1. The summed E-state index contributed by atoms with van der Waals surface area (Å²) in [6.07, 6.45) is 0.426. The average Bonchev–Trinajstić information content (AvgIpc) is 2.82. The van der Waals surface area contributed by atoms with Crippen molar-refractivity contribution < 1.29 is 9.84 Å². The Morgan fingerprint density at radius 3 is 2.74 bits per heavy atom. The van der Waals surface area contributed by atoms with Gasteiger partial charge in [0.25, 0.3) is 0 Å². The largest absolute Gasteiger partial charge is 0.386 e. The number of aliphatic hydroxyl groups is 1. The van der Waals surface area contributed by atoms with Crippen LogP contribution in [0.2, 0.25) is 0 Å². The van der Waals surface area contributed by atoms with Gasteiger partial charge in [-0.2, -0.15) is 0 Å². The van der Waals surface area contributed by atoms with E-state index in [0.717, 1.165) is 12.0 Å². The van der Waals surface area contributed by atoms with Crippen LogP contribution >= 0.6 is 0 Å². The molecule has 0 amide bonds. The van der Waals surface area contributed by atoms with Gasteiger partial charge in [-0.1, -0.05) is 42.5 Å². The zero-order valence-corrected chi connectivity index (χ0v) is 11.1. The first-order chi connectivity index (χ1) is 9.29. The van der Waals surface area contributed by atoms with E-state index in [1.54, 1.807) is 0 Å². The molecule has 0 saturated carbocycles. The highest BCUT2D eigenvalue weighted by Gasteiger charge is 2.19. The van der Waals surface area contributed by atoms with E-state index in [1.807, 2.05) is 13.0 Å². The summed E-state index contributed by atoms with van der Waals surface area (Å²) in [6, 6.07) is 14.7. The Morgan fingerprint density at radius 2 is 1.89 bits per heavy atom. The molecule has 1 unspecified atom stereocenters. The molecule has 2 aromatic carbocycles. The minimum atomic E-state index is -0.533. The smallest absolute Gasteiger partial charge is 0.102 e. The molecule has 98 valence electrons. The third-order valence-electron chi connectivity index (χ3n) is 3.68. The van der Waals surface area contributed by atoms with Gasteiger partial charge < -0.3 is 9.84 Å². The molecule has 1 aliphatic rings. The third kappa shape index (κ3) is 2.29. The number of benzene rings is 2. The SMILES string of the molecule is CCOCC(O)c1ccc2c(c1)Cc1ccccc1-2.